The van der Waals surface area contributed by atoms with Gasteiger partial charge >= 0.3 is 0 Å². The molecule has 8 heteroatoms. The van der Waals surface area contributed by atoms with E-state index in [1.54, 1.807) is 37.1 Å². The molecule has 0 unspecified atom stereocenters. The molecule has 29 heavy (non-hydrogen) atoms. The Morgan fingerprint density at radius 3 is 2.62 bits per heavy atom. The number of hydrogen-bond donors (Lipinski definition) is 1. The molecule has 3 rings (SSSR count). The molecule has 2 aromatic rings. The predicted octanol–water partition coefficient (Wildman–Crippen LogP) is 3.05. The largest absolute Gasteiger partial charge is 0.479 e. The number of carbonyl (C=O) groups excluding carboxylic acids is 3. The normalized spacial score (nSPS) is 15.3. The molecule has 1 aliphatic heterocycles. The Kier molecular flexibility index (Phi) is 6.53. The number of fused-ring (bicyclic) bond motifs is 1. The average molecular weight is 460 g/mol. The van der Waals surface area contributed by atoms with Crippen molar-refractivity contribution in [3.05, 3.63) is 53.0 Å². The second kappa shape index (κ2) is 9.09. The van der Waals surface area contributed by atoms with Gasteiger partial charge < -0.3 is 19.9 Å². The van der Waals surface area contributed by atoms with Crippen molar-refractivity contribution in [1.82, 2.24) is 4.90 Å². The van der Waals surface area contributed by atoms with Gasteiger partial charge in [-0.15, -0.1) is 0 Å². The zero-order valence-electron chi connectivity index (χ0n) is 16.2. The van der Waals surface area contributed by atoms with Gasteiger partial charge in [0.1, 0.15) is 5.75 Å². The van der Waals surface area contributed by atoms with Crippen molar-refractivity contribution in [1.29, 1.82) is 0 Å². The Balaban J connectivity index is 1.57. The number of benzene rings is 2. The van der Waals surface area contributed by atoms with E-state index in [0.29, 0.717) is 17.1 Å². The lowest BCUT2D eigenvalue weighted by Crippen LogP contribution is -2.46. The van der Waals surface area contributed by atoms with Gasteiger partial charge in [0.25, 0.3) is 5.91 Å². The number of carbonyl (C=O) groups is 3. The second-order valence-electron chi connectivity index (χ2n) is 6.75. The maximum Gasteiger partial charge on any atom is 0.267 e. The Hall–Kier alpha value is -2.87. The van der Waals surface area contributed by atoms with Gasteiger partial charge in [-0.3, -0.25) is 14.4 Å². The van der Waals surface area contributed by atoms with Gasteiger partial charge in [0, 0.05) is 24.5 Å². The first kappa shape index (κ1) is 20.9. The van der Waals surface area contributed by atoms with Crippen LogP contribution in [0.2, 0.25) is 0 Å². The van der Waals surface area contributed by atoms with E-state index in [1.807, 2.05) is 30.3 Å². The molecule has 7 nitrogen and oxygen atoms in total. The van der Waals surface area contributed by atoms with Crippen molar-refractivity contribution < 1.29 is 19.1 Å². The fourth-order valence-electron chi connectivity index (χ4n) is 3.04. The summed E-state index contributed by atoms with van der Waals surface area (Å²) in [6.07, 6.45) is -0.501. The maximum absolute atomic E-state index is 12.5. The number of nitrogens with one attached hydrogen (secondary N) is 1. The van der Waals surface area contributed by atoms with Crippen molar-refractivity contribution in [2.75, 3.05) is 30.4 Å². The molecule has 0 spiro atoms. The fraction of sp³-hybridized carbons (Fsp3) is 0.286. The number of anilines is 2. The summed E-state index contributed by atoms with van der Waals surface area (Å²) in [4.78, 5) is 40.2. The molecule has 0 saturated heterocycles. The second-order valence-corrected chi connectivity index (χ2v) is 7.60. The van der Waals surface area contributed by atoms with Crippen LogP contribution >= 0.6 is 15.9 Å². The number of halogens is 1. The van der Waals surface area contributed by atoms with E-state index in [9.17, 15) is 14.4 Å². The minimum atomic E-state index is -0.604. The Bertz CT molecular complexity index is 934. The van der Waals surface area contributed by atoms with Crippen LogP contribution in [0, 0.1) is 0 Å². The number of nitrogens with zero attached hydrogens (tertiary/aromatic N) is 2. The van der Waals surface area contributed by atoms with Crippen LogP contribution in [0.5, 0.6) is 5.75 Å². The van der Waals surface area contributed by atoms with Gasteiger partial charge in [0.05, 0.1) is 17.9 Å². The molecule has 1 atom stereocenters. The first-order chi connectivity index (χ1) is 13.9. The molecule has 1 heterocycles. The number of amides is 3. The summed E-state index contributed by atoms with van der Waals surface area (Å²) < 4.78 is 6.37. The third kappa shape index (κ3) is 4.95. The zero-order valence-corrected chi connectivity index (χ0v) is 17.8. The molecule has 0 fully saturated rings. The van der Waals surface area contributed by atoms with Gasteiger partial charge in [-0.05, 0) is 47.1 Å². The molecule has 3 amide bonds. The maximum atomic E-state index is 12.5. The van der Waals surface area contributed by atoms with Crippen LogP contribution in [0.4, 0.5) is 11.4 Å². The number of rotatable bonds is 6. The number of likely N-dealkylation sites (N-methyl/N-ethyl adjacent to an activating group) is 1. The highest BCUT2D eigenvalue weighted by molar-refractivity contribution is 9.10. The van der Waals surface area contributed by atoms with Gasteiger partial charge in [-0.25, -0.2) is 0 Å². The third-order valence-corrected chi connectivity index (χ3v) is 5.27. The van der Waals surface area contributed by atoms with E-state index in [2.05, 4.69) is 21.2 Å². The first-order valence-corrected chi connectivity index (χ1v) is 10.0. The van der Waals surface area contributed by atoms with Crippen molar-refractivity contribution in [3.63, 3.8) is 0 Å². The van der Waals surface area contributed by atoms with E-state index in [-0.39, 0.29) is 37.2 Å². The minimum Gasteiger partial charge on any atom is -0.479 e. The van der Waals surface area contributed by atoms with E-state index in [4.69, 9.17) is 4.74 Å². The highest BCUT2D eigenvalue weighted by atomic mass is 79.9. The van der Waals surface area contributed by atoms with Gasteiger partial charge in [0.15, 0.2) is 6.10 Å². The first-order valence-electron chi connectivity index (χ1n) is 9.22. The quantitative estimate of drug-likeness (QED) is 0.719. The third-order valence-electron chi connectivity index (χ3n) is 4.58. The van der Waals surface area contributed by atoms with Crippen LogP contribution < -0.4 is 15.0 Å². The van der Waals surface area contributed by atoms with Crippen molar-refractivity contribution in [2.24, 2.45) is 0 Å². The molecule has 2 aromatic carbocycles. The number of hydrogen-bond acceptors (Lipinski definition) is 4. The van der Waals surface area contributed by atoms with Gasteiger partial charge in [-0.2, -0.15) is 0 Å². The van der Waals surface area contributed by atoms with E-state index in [1.165, 1.54) is 4.90 Å². The molecule has 0 bridgehead atoms. The summed E-state index contributed by atoms with van der Waals surface area (Å²) in [5.74, 6) is -0.0927. The van der Waals surface area contributed by atoms with Crippen LogP contribution in [0.25, 0.3) is 0 Å². The van der Waals surface area contributed by atoms with Gasteiger partial charge in [0.2, 0.25) is 11.8 Å². The highest BCUT2D eigenvalue weighted by Gasteiger charge is 2.31. The summed E-state index contributed by atoms with van der Waals surface area (Å²) in [5.41, 5.74) is 1.29. The van der Waals surface area contributed by atoms with Crippen molar-refractivity contribution in [2.45, 2.75) is 19.4 Å². The molecular weight excluding hydrogens is 438 g/mol. The summed E-state index contributed by atoms with van der Waals surface area (Å²) >= 11 is 3.37. The molecule has 1 N–H and O–H groups in total. The fourth-order valence-corrected chi connectivity index (χ4v) is 3.43. The Labute approximate surface area is 177 Å². The molecule has 0 aliphatic carbocycles. The van der Waals surface area contributed by atoms with Crippen LogP contribution in [0.15, 0.2) is 53.0 Å². The summed E-state index contributed by atoms with van der Waals surface area (Å²) in [6, 6.07) is 14.5. The van der Waals surface area contributed by atoms with E-state index in [0.717, 1.165) is 4.47 Å². The molecule has 152 valence electrons. The van der Waals surface area contributed by atoms with Gasteiger partial charge in [-0.1, -0.05) is 24.3 Å². The lowest BCUT2D eigenvalue weighted by Gasteiger charge is -2.33. The van der Waals surface area contributed by atoms with Crippen molar-refractivity contribution >= 4 is 45.0 Å². The summed E-state index contributed by atoms with van der Waals surface area (Å²) in [7, 11) is 1.57. The van der Waals surface area contributed by atoms with Crippen LogP contribution in [0.3, 0.4) is 0 Å². The summed E-state index contributed by atoms with van der Waals surface area (Å²) in [6.45, 7) is 1.83. The number of para-hydroxylation sites is 3. The zero-order chi connectivity index (χ0) is 21.0. The summed E-state index contributed by atoms with van der Waals surface area (Å²) in [5, 5.41) is 2.77. The predicted molar refractivity (Wildman–Crippen MR) is 114 cm³/mol. The van der Waals surface area contributed by atoms with Crippen LogP contribution in [-0.2, 0) is 14.4 Å². The lowest BCUT2D eigenvalue weighted by atomic mass is 10.1. The van der Waals surface area contributed by atoms with Crippen LogP contribution in [0.1, 0.15) is 13.3 Å². The lowest BCUT2D eigenvalue weighted by molar-refractivity contribution is -0.133. The topological polar surface area (TPSA) is 79.0 Å². The smallest absolute Gasteiger partial charge is 0.267 e. The SMILES string of the molecule is C[C@@H]1Oc2ccccc2N(CCC(=O)N(C)CC(=O)Nc2ccccc2Br)C1=O. The molecule has 0 saturated carbocycles. The molecule has 0 radical (unpaired) electrons. The molecule has 1 aliphatic rings. The standard InChI is InChI=1S/C21H22BrN3O4/c1-14-21(28)25(17-9-5-6-10-18(17)29-14)12-11-20(27)24(2)13-19(26)23-16-8-4-3-7-15(16)22/h3-10,14H,11-13H2,1-2H3,(H,23,26)/t14-/m0/s1. The van der Waals surface area contributed by atoms with E-state index < -0.39 is 6.10 Å². The Morgan fingerprint density at radius 1 is 1.17 bits per heavy atom. The van der Waals surface area contributed by atoms with E-state index >= 15 is 0 Å². The van der Waals surface area contributed by atoms with Crippen molar-refractivity contribution in [3.8, 4) is 5.75 Å². The minimum absolute atomic E-state index is 0.0792. The molecule has 0 aromatic heterocycles. The Morgan fingerprint density at radius 2 is 1.86 bits per heavy atom. The average Bonchev–Trinajstić information content (AvgIpc) is 2.69. The monoisotopic (exact) mass is 459 g/mol. The highest BCUT2D eigenvalue weighted by Crippen LogP contribution is 2.33. The van der Waals surface area contributed by atoms with Crippen LogP contribution in [-0.4, -0.2) is 48.9 Å². The number of ether oxygens (including phenoxy) is 1. The molecular formula is C21H22BrN3O4.